The van der Waals surface area contributed by atoms with Crippen molar-refractivity contribution in [3.05, 3.63) is 113 Å². The van der Waals surface area contributed by atoms with E-state index in [-0.39, 0.29) is 17.6 Å². The third-order valence-corrected chi connectivity index (χ3v) is 6.38. The molecule has 1 aromatic heterocycles. The predicted molar refractivity (Wildman–Crippen MR) is 147 cm³/mol. The van der Waals surface area contributed by atoms with Crippen molar-refractivity contribution in [2.45, 2.75) is 33.1 Å². The summed E-state index contributed by atoms with van der Waals surface area (Å²) in [6.07, 6.45) is 2.20. The molecule has 0 saturated heterocycles. The minimum atomic E-state index is -0.348. The molecule has 5 rings (SSSR count). The predicted octanol–water partition coefficient (Wildman–Crippen LogP) is 7.03. The van der Waals surface area contributed by atoms with Crippen molar-refractivity contribution in [3.63, 3.8) is 0 Å². The van der Waals surface area contributed by atoms with Crippen LogP contribution >= 0.6 is 0 Å². The maximum Gasteiger partial charge on any atom is 0.291 e. The Kier molecular flexibility index (Phi) is 7.21. The Bertz CT molecular complexity index is 1540. The maximum atomic E-state index is 13.1. The normalized spacial score (nSPS) is 13.9. The fourth-order valence-electron chi connectivity index (χ4n) is 4.41. The Morgan fingerprint density at radius 1 is 0.789 bits per heavy atom. The number of hydrogen-bond acceptors (Lipinski definition) is 6. The number of carbonyl (C=O) groups is 2. The zero-order chi connectivity index (χ0) is 26.5. The van der Waals surface area contributed by atoms with Gasteiger partial charge in [-0.25, -0.2) is 5.43 Å². The average molecular weight is 506 g/mol. The summed E-state index contributed by atoms with van der Waals surface area (Å²) in [7, 11) is 0. The van der Waals surface area contributed by atoms with Crippen molar-refractivity contribution >= 4 is 34.6 Å². The van der Waals surface area contributed by atoms with E-state index in [0.717, 1.165) is 23.2 Å². The Labute approximate surface area is 220 Å². The van der Waals surface area contributed by atoms with Gasteiger partial charge in [0.2, 0.25) is 0 Å². The van der Waals surface area contributed by atoms with E-state index in [0.29, 0.717) is 46.8 Å². The standard InChI is InChI=1S/C30H27N5O3/c1-19-9-6-7-12-24(19)29(36)35-34-25-13-8-14-26-27(25)20(2)28(38-26)30(37)31-21-15-17-23(18-16-21)33-32-22-10-4-3-5-11-22/h3-7,9-12,15-18H,8,13-14H2,1-2H3,(H,31,37)(H,35,36). The zero-order valence-electron chi connectivity index (χ0n) is 21.2. The molecule has 190 valence electrons. The van der Waals surface area contributed by atoms with Crippen molar-refractivity contribution in [2.75, 3.05) is 5.32 Å². The van der Waals surface area contributed by atoms with Crippen LogP contribution in [0, 0.1) is 13.8 Å². The molecular formula is C30H27N5O3. The van der Waals surface area contributed by atoms with Crippen LogP contribution in [-0.2, 0) is 6.42 Å². The van der Waals surface area contributed by atoms with Crippen LogP contribution in [0.1, 0.15) is 56.2 Å². The minimum absolute atomic E-state index is 0.239. The lowest BCUT2D eigenvalue weighted by Gasteiger charge is -2.13. The van der Waals surface area contributed by atoms with Gasteiger partial charge in [0.25, 0.3) is 11.8 Å². The van der Waals surface area contributed by atoms with Gasteiger partial charge in [-0.15, -0.1) is 0 Å². The molecule has 0 spiro atoms. The summed E-state index contributed by atoms with van der Waals surface area (Å²) in [6, 6.07) is 23.9. The second-order valence-corrected chi connectivity index (χ2v) is 9.06. The Morgan fingerprint density at radius 3 is 2.21 bits per heavy atom. The van der Waals surface area contributed by atoms with E-state index in [1.165, 1.54) is 0 Å². The number of amides is 2. The molecule has 8 nitrogen and oxygen atoms in total. The van der Waals surface area contributed by atoms with Crippen LogP contribution in [0.2, 0.25) is 0 Å². The SMILES string of the molecule is Cc1ccccc1C(=O)NN=C1CCCc2oc(C(=O)Nc3ccc(N=Nc4ccccc4)cc3)c(C)c21. The highest BCUT2D eigenvalue weighted by Crippen LogP contribution is 2.30. The van der Waals surface area contributed by atoms with Gasteiger partial charge in [-0.1, -0.05) is 36.4 Å². The largest absolute Gasteiger partial charge is 0.455 e. The van der Waals surface area contributed by atoms with Crippen LogP contribution in [0.5, 0.6) is 0 Å². The van der Waals surface area contributed by atoms with E-state index in [9.17, 15) is 9.59 Å². The Morgan fingerprint density at radius 2 is 1.47 bits per heavy atom. The first-order valence-electron chi connectivity index (χ1n) is 12.4. The number of hydrazone groups is 1. The lowest BCUT2D eigenvalue weighted by molar-refractivity contribution is 0.0952. The van der Waals surface area contributed by atoms with Crippen LogP contribution in [0.25, 0.3) is 0 Å². The van der Waals surface area contributed by atoms with Gasteiger partial charge in [0.15, 0.2) is 5.76 Å². The summed E-state index contributed by atoms with van der Waals surface area (Å²) in [5.74, 6) is 0.328. The summed E-state index contributed by atoms with van der Waals surface area (Å²) in [6.45, 7) is 3.72. The molecule has 0 saturated carbocycles. The van der Waals surface area contributed by atoms with E-state index in [1.807, 2.05) is 62.4 Å². The molecule has 0 unspecified atom stereocenters. The second kappa shape index (κ2) is 11.0. The van der Waals surface area contributed by atoms with Gasteiger partial charge in [0.05, 0.1) is 17.1 Å². The molecule has 2 N–H and O–H groups in total. The minimum Gasteiger partial charge on any atom is -0.455 e. The van der Waals surface area contributed by atoms with Gasteiger partial charge >= 0.3 is 0 Å². The molecule has 38 heavy (non-hydrogen) atoms. The van der Waals surface area contributed by atoms with E-state index < -0.39 is 0 Å². The lowest BCUT2D eigenvalue weighted by Crippen LogP contribution is -2.22. The number of anilines is 1. The van der Waals surface area contributed by atoms with Gasteiger partial charge in [-0.05, 0) is 74.7 Å². The fraction of sp³-hybridized carbons (Fsp3) is 0.167. The highest BCUT2D eigenvalue weighted by Gasteiger charge is 2.28. The molecule has 4 aromatic rings. The smallest absolute Gasteiger partial charge is 0.291 e. The molecule has 0 radical (unpaired) electrons. The van der Waals surface area contributed by atoms with Crippen LogP contribution in [0.4, 0.5) is 17.1 Å². The van der Waals surface area contributed by atoms with Gasteiger partial charge in [-0.3, -0.25) is 9.59 Å². The van der Waals surface area contributed by atoms with Crippen LogP contribution in [0.3, 0.4) is 0 Å². The van der Waals surface area contributed by atoms with E-state index in [2.05, 4.69) is 26.1 Å². The summed E-state index contributed by atoms with van der Waals surface area (Å²) < 4.78 is 5.98. The maximum absolute atomic E-state index is 13.1. The monoisotopic (exact) mass is 505 g/mol. The molecule has 0 bridgehead atoms. The van der Waals surface area contributed by atoms with Crippen molar-refractivity contribution in [1.29, 1.82) is 0 Å². The highest BCUT2D eigenvalue weighted by atomic mass is 16.4. The van der Waals surface area contributed by atoms with E-state index >= 15 is 0 Å². The van der Waals surface area contributed by atoms with Crippen LogP contribution in [0.15, 0.2) is 98.6 Å². The summed E-state index contributed by atoms with van der Waals surface area (Å²) in [5.41, 5.74) is 8.38. The summed E-state index contributed by atoms with van der Waals surface area (Å²) >= 11 is 0. The molecule has 1 aliphatic rings. The van der Waals surface area contributed by atoms with Gasteiger partial charge in [0.1, 0.15) is 5.76 Å². The molecule has 1 heterocycles. The molecule has 3 aromatic carbocycles. The highest BCUT2D eigenvalue weighted by molar-refractivity contribution is 6.09. The van der Waals surface area contributed by atoms with Gasteiger partial charge in [-0.2, -0.15) is 15.3 Å². The first-order chi connectivity index (χ1) is 18.5. The number of nitrogens with one attached hydrogen (secondary N) is 2. The number of azo groups is 1. The lowest BCUT2D eigenvalue weighted by atomic mass is 9.93. The number of fused-ring (bicyclic) bond motifs is 1. The number of aryl methyl sites for hydroxylation is 2. The molecule has 2 amide bonds. The van der Waals surface area contributed by atoms with Crippen LogP contribution in [-0.4, -0.2) is 17.5 Å². The Hall–Kier alpha value is -4.85. The van der Waals surface area contributed by atoms with Crippen molar-refractivity contribution in [2.24, 2.45) is 15.3 Å². The third-order valence-electron chi connectivity index (χ3n) is 6.38. The first kappa shape index (κ1) is 24.8. The van der Waals surface area contributed by atoms with Crippen molar-refractivity contribution in [3.8, 4) is 0 Å². The zero-order valence-corrected chi connectivity index (χ0v) is 21.2. The fourth-order valence-corrected chi connectivity index (χ4v) is 4.41. The molecule has 0 aliphatic heterocycles. The van der Waals surface area contributed by atoms with Crippen molar-refractivity contribution < 1.29 is 14.0 Å². The second-order valence-electron chi connectivity index (χ2n) is 9.06. The summed E-state index contributed by atoms with van der Waals surface area (Å²) in [5, 5.41) is 15.7. The molecular weight excluding hydrogens is 478 g/mol. The van der Waals surface area contributed by atoms with Gasteiger partial charge in [0, 0.05) is 28.8 Å². The Balaban J connectivity index is 1.29. The molecule has 0 fully saturated rings. The third kappa shape index (κ3) is 5.44. The quantitative estimate of drug-likeness (QED) is 0.217. The number of furan rings is 1. The molecule has 0 atom stereocenters. The molecule has 8 heteroatoms. The first-order valence-corrected chi connectivity index (χ1v) is 12.4. The molecule has 1 aliphatic carbocycles. The summed E-state index contributed by atoms with van der Waals surface area (Å²) in [4.78, 5) is 25.7. The van der Waals surface area contributed by atoms with Crippen molar-refractivity contribution in [1.82, 2.24) is 5.43 Å². The average Bonchev–Trinajstić information content (AvgIpc) is 3.29. The van der Waals surface area contributed by atoms with E-state index in [1.54, 1.807) is 30.3 Å². The number of carbonyl (C=O) groups excluding carboxylic acids is 2. The van der Waals surface area contributed by atoms with Gasteiger partial charge < -0.3 is 9.73 Å². The number of nitrogens with zero attached hydrogens (tertiary/aromatic N) is 3. The number of rotatable bonds is 6. The number of hydrogen-bond donors (Lipinski definition) is 2. The number of benzene rings is 3. The van der Waals surface area contributed by atoms with E-state index in [4.69, 9.17) is 4.42 Å². The van der Waals surface area contributed by atoms with Crippen LogP contribution < -0.4 is 10.7 Å². The topological polar surface area (TPSA) is 108 Å².